The van der Waals surface area contributed by atoms with E-state index in [1.54, 1.807) is 23.5 Å². The van der Waals surface area contributed by atoms with Gasteiger partial charge in [0.25, 0.3) is 5.91 Å². The highest BCUT2D eigenvalue weighted by Gasteiger charge is 2.27. The Kier molecular flexibility index (Phi) is 6.05. The van der Waals surface area contributed by atoms with Crippen LogP contribution in [0, 0.1) is 0 Å². The molecule has 0 bridgehead atoms. The maximum Gasteiger partial charge on any atom is 0.258 e. The molecule has 1 aromatic heterocycles. The van der Waals surface area contributed by atoms with E-state index < -0.39 is 0 Å². The number of hydrogen-bond acceptors (Lipinski definition) is 5. The SMILES string of the molecule is O=C(COc1ccccc1)NCC(=O)N1CCC[C@@H](c2nc3ccccc3s2)C1. The molecule has 1 N–H and O–H groups in total. The fourth-order valence-corrected chi connectivity index (χ4v) is 4.57. The van der Waals surface area contributed by atoms with E-state index in [9.17, 15) is 9.59 Å². The Labute approximate surface area is 173 Å². The van der Waals surface area contributed by atoms with Gasteiger partial charge < -0.3 is 15.0 Å². The number of nitrogens with one attached hydrogen (secondary N) is 1. The zero-order valence-electron chi connectivity index (χ0n) is 16.0. The minimum atomic E-state index is -0.304. The molecule has 1 fully saturated rings. The average molecular weight is 410 g/mol. The van der Waals surface area contributed by atoms with Crippen LogP contribution < -0.4 is 10.1 Å². The molecule has 1 aliphatic rings. The average Bonchev–Trinajstić information content (AvgIpc) is 3.21. The standard InChI is InChI=1S/C22H23N3O3S/c26-20(15-28-17-8-2-1-3-9-17)23-13-21(27)25-12-6-7-16(14-25)22-24-18-10-4-5-11-19(18)29-22/h1-5,8-11,16H,6-7,12-15H2,(H,23,26)/t16-/m1/s1. The predicted octanol–water partition coefficient (Wildman–Crippen LogP) is 3.20. The van der Waals surface area contributed by atoms with E-state index in [-0.39, 0.29) is 30.9 Å². The van der Waals surface area contributed by atoms with Gasteiger partial charge in [0.2, 0.25) is 5.91 Å². The Balaban J connectivity index is 1.27. The van der Waals surface area contributed by atoms with Crippen molar-refractivity contribution in [1.29, 1.82) is 0 Å². The van der Waals surface area contributed by atoms with Crippen molar-refractivity contribution in [2.45, 2.75) is 18.8 Å². The number of likely N-dealkylation sites (tertiary alicyclic amines) is 1. The quantitative estimate of drug-likeness (QED) is 0.679. The molecular formula is C22H23N3O3S. The molecule has 2 amide bonds. The van der Waals surface area contributed by atoms with Crippen molar-refractivity contribution in [2.75, 3.05) is 26.2 Å². The van der Waals surface area contributed by atoms with Crippen molar-refractivity contribution in [1.82, 2.24) is 15.2 Å². The molecular weight excluding hydrogens is 386 g/mol. The largest absolute Gasteiger partial charge is 0.484 e. The number of rotatable bonds is 6. The van der Waals surface area contributed by atoms with Gasteiger partial charge >= 0.3 is 0 Å². The van der Waals surface area contributed by atoms with Crippen LogP contribution in [0.3, 0.4) is 0 Å². The summed E-state index contributed by atoms with van der Waals surface area (Å²) >= 11 is 1.70. The molecule has 0 radical (unpaired) electrons. The molecule has 1 saturated heterocycles. The van der Waals surface area contributed by atoms with Gasteiger partial charge in [0, 0.05) is 19.0 Å². The van der Waals surface area contributed by atoms with E-state index >= 15 is 0 Å². The number of para-hydroxylation sites is 2. The first kappa shape index (κ1) is 19.4. The molecule has 1 aliphatic heterocycles. The van der Waals surface area contributed by atoms with Gasteiger partial charge in [-0.2, -0.15) is 0 Å². The van der Waals surface area contributed by atoms with Gasteiger partial charge in [-0.05, 0) is 37.1 Å². The van der Waals surface area contributed by atoms with Crippen molar-refractivity contribution in [3.8, 4) is 5.75 Å². The van der Waals surface area contributed by atoms with Crippen LogP contribution in [0.1, 0.15) is 23.8 Å². The lowest BCUT2D eigenvalue weighted by molar-refractivity contribution is -0.134. The molecule has 0 saturated carbocycles. The van der Waals surface area contributed by atoms with Crippen molar-refractivity contribution < 1.29 is 14.3 Å². The maximum atomic E-state index is 12.6. The smallest absolute Gasteiger partial charge is 0.258 e. The number of piperidine rings is 1. The van der Waals surface area contributed by atoms with Gasteiger partial charge in [0.1, 0.15) is 5.75 Å². The lowest BCUT2D eigenvalue weighted by Crippen LogP contribution is -2.45. The summed E-state index contributed by atoms with van der Waals surface area (Å²) in [5.74, 6) is 0.511. The number of carbonyl (C=O) groups is 2. The zero-order valence-corrected chi connectivity index (χ0v) is 16.9. The molecule has 4 rings (SSSR count). The van der Waals surface area contributed by atoms with Crippen molar-refractivity contribution >= 4 is 33.4 Å². The van der Waals surface area contributed by atoms with Crippen LogP contribution >= 0.6 is 11.3 Å². The number of benzene rings is 2. The van der Waals surface area contributed by atoms with Crippen molar-refractivity contribution in [3.63, 3.8) is 0 Å². The summed E-state index contributed by atoms with van der Waals surface area (Å²) in [6, 6.07) is 17.2. The van der Waals surface area contributed by atoms with Crippen LogP contribution in [0.15, 0.2) is 54.6 Å². The van der Waals surface area contributed by atoms with Gasteiger partial charge in [0.15, 0.2) is 6.61 Å². The zero-order chi connectivity index (χ0) is 20.1. The van der Waals surface area contributed by atoms with Crippen molar-refractivity contribution in [2.24, 2.45) is 0 Å². The lowest BCUT2D eigenvalue weighted by Gasteiger charge is -2.31. The van der Waals surface area contributed by atoms with Gasteiger partial charge in [-0.3, -0.25) is 9.59 Å². The Morgan fingerprint density at radius 2 is 1.93 bits per heavy atom. The molecule has 0 spiro atoms. The summed E-state index contributed by atoms with van der Waals surface area (Å²) in [6.07, 6.45) is 1.97. The minimum absolute atomic E-state index is 0.0104. The second kappa shape index (κ2) is 9.05. The summed E-state index contributed by atoms with van der Waals surface area (Å²) in [5.41, 5.74) is 1.02. The third-order valence-electron chi connectivity index (χ3n) is 4.98. The molecule has 29 heavy (non-hydrogen) atoms. The topological polar surface area (TPSA) is 71.5 Å². The van der Waals surface area contributed by atoms with E-state index in [0.717, 1.165) is 29.9 Å². The van der Waals surface area contributed by atoms with E-state index in [1.807, 2.05) is 41.3 Å². The monoisotopic (exact) mass is 409 g/mol. The molecule has 150 valence electrons. The third kappa shape index (κ3) is 4.92. The Morgan fingerprint density at radius 3 is 2.76 bits per heavy atom. The number of aromatic nitrogens is 1. The Morgan fingerprint density at radius 1 is 1.14 bits per heavy atom. The number of ether oxygens (including phenoxy) is 1. The number of carbonyl (C=O) groups excluding carboxylic acids is 2. The molecule has 7 heteroatoms. The highest BCUT2D eigenvalue weighted by molar-refractivity contribution is 7.18. The summed E-state index contributed by atoms with van der Waals surface area (Å²) in [4.78, 5) is 31.1. The highest BCUT2D eigenvalue weighted by atomic mass is 32.1. The molecule has 0 aliphatic carbocycles. The normalized spacial score (nSPS) is 16.6. The summed E-state index contributed by atoms with van der Waals surface area (Å²) in [7, 11) is 0. The molecule has 3 aromatic rings. The first-order valence-corrected chi connectivity index (χ1v) is 10.6. The first-order chi connectivity index (χ1) is 14.2. The summed E-state index contributed by atoms with van der Waals surface area (Å²) in [5, 5.41) is 3.74. The maximum absolute atomic E-state index is 12.6. The molecule has 6 nitrogen and oxygen atoms in total. The van der Waals surface area contributed by atoms with Crippen LogP contribution in [-0.2, 0) is 9.59 Å². The number of nitrogens with zero attached hydrogens (tertiary/aromatic N) is 2. The van der Waals surface area contributed by atoms with Crippen LogP contribution in [-0.4, -0.2) is 47.9 Å². The molecule has 2 heterocycles. The first-order valence-electron chi connectivity index (χ1n) is 9.77. The Hall–Kier alpha value is -2.93. The highest BCUT2D eigenvalue weighted by Crippen LogP contribution is 2.32. The van der Waals surface area contributed by atoms with Crippen LogP contribution in [0.4, 0.5) is 0 Å². The van der Waals surface area contributed by atoms with Crippen LogP contribution in [0.2, 0.25) is 0 Å². The van der Waals surface area contributed by atoms with E-state index in [0.29, 0.717) is 12.3 Å². The predicted molar refractivity (Wildman–Crippen MR) is 113 cm³/mol. The summed E-state index contributed by atoms with van der Waals surface area (Å²) < 4.78 is 6.58. The lowest BCUT2D eigenvalue weighted by atomic mass is 9.98. The number of fused-ring (bicyclic) bond motifs is 1. The van der Waals surface area contributed by atoms with Gasteiger partial charge in [0.05, 0.1) is 21.8 Å². The molecule has 2 aromatic carbocycles. The van der Waals surface area contributed by atoms with E-state index in [4.69, 9.17) is 9.72 Å². The van der Waals surface area contributed by atoms with E-state index in [1.165, 1.54) is 4.70 Å². The fraction of sp³-hybridized carbons (Fsp3) is 0.318. The second-order valence-electron chi connectivity index (χ2n) is 7.08. The van der Waals surface area contributed by atoms with Crippen LogP contribution in [0.25, 0.3) is 10.2 Å². The third-order valence-corrected chi connectivity index (χ3v) is 6.18. The van der Waals surface area contributed by atoms with Crippen molar-refractivity contribution in [3.05, 3.63) is 59.6 Å². The fourth-order valence-electron chi connectivity index (χ4n) is 3.47. The van der Waals surface area contributed by atoms with Gasteiger partial charge in [-0.1, -0.05) is 30.3 Å². The van der Waals surface area contributed by atoms with Gasteiger partial charge in [-0.25, -0.2) is 4.98 Å². The number of amides is 2. The number of hydrogen-bond donors (Lipinski definition) is 1. The summed E-state index contributed by atoms with van der Waals surface area (Å²) in [6.45, 7) is 1.25. The molecule has 0 unspecified atom stereocenters. The molecule has 1 atom stereocenters. The second-order valence-corrected chi connectivity index (χ2v) is 8.14. The Bertz CT molecular complexity index is 956. The van der Waals surface area contributed by atoms with E-state index in [2.05, 4.69) is 11.4 Å². The van der Waals surface area contributed by atoms with Crippen LogP contribution in [0.5, 0.6) is 5.75 Å². The minimum Gasteiger partial charge on any atom is -0.484 e. The van der Waals surface area contributed by atoms with Gasteiger partial charge in [-0.15, -0.1) is 11.3 Å². The number of thiazole rings is 1.